The number of hydrogen-bond acceptors (Lipinski definition) is 6. The zero-order chi connectivity index (χ0) is 25.7. The zero-order valence-electron chi connectivity index (χ0n) is 19.9. The monoisotopic (exact) mass is 515 g/mol. The first-order valence-electron chi connectivity index (χ1n) is 11.9. The molecule has 4 rings (SSSR count). The Hall–Kier alpha value is -3.30. The number of nitrogens with two attached hydrogens (primary N) is 1. The van der Waals surface area contributed by atoms with E-state index in [1.165, 1.54) is 26.0 Å². The predicted molar refractivity (Wildman–Crippen MR) is 135 cm³/mol. The predicted octanol–water partition coefficient (Wildman–Crippen LogP) is 5.01. The number of nitrogens with zero attached hydrogens (tertiary/aromatic N) is 3. The highest BCUT2D eigenvalue weighted by Crippen LogP contribution is 2.32. The van der Waals surface area contributed by atoms with Crippen molar-refractivity contribution in [1.82, 2.24) is 20.2 Å². The first kappa shape index (κ1) is 25.8. The van der Waals surface area contributed by atoms with Gasteiger partial charge in [-0.15, -0.1) is 0 Å². The number of rotatable bonds is 9. The van der Waals surface area contributed by atoms with E-state index in [2.05, 4.69) is 20.2 Å². The molecule has 3 N–H and O–H groups in total. The molecule has 2 heterocycles. The Morgan fingerprint density at radius 1 is 1.17 bits per heavy atom. The van der Waals surface area contributed by atoms with Gasteiger partial charge in [-0.3, -0.25) is 4.79 Å². The van der Waals surface area contributed by atoms with Gasteiger partial charge in [-0.1, -0.05) is 23.7 Å². The van der Waals surface area contributed by atoms with Crippen molar-refractivity contribution >= 4 is 23.3 Å². The van der Waals surface area contributed by atoms with Crippen molar-refractivity contribution in [3.05, 3.63) is 70.4 Å². The lowest BCUT2D eigenvalue weighted by molar-refractivity contribution is 0.0952. The molecule has 3 aromatic rings. The number of carbonyl (C=O) groups excluding carboxylic acids is 1. The Balaban J connectivity index is 1.41. The van der Waals surface area contributed by atoms with Gasteiger partial charge in [0.1, 0.15) is 29.3 Å². The molecule has 0 saturated carbocycles. The summed E-state index contributed by atoms with van der Waals surface area (Å²) in [7, 11) is 0. The van der Waals surface area contributed by atoms with Crippen LogP contribution in [0.2, 0.25) is 5.02 Å². The summed E-state index contributed by atoms with van der Waals surface area (Å²) in [5.74, 6) is -1.37. The Labute approximate surface area is 213 Å². The third-order valence-electron chi connectivity index (χ3n) is 6.12. The molecule has 1 atom stereocenters. The number of hydrogen-bond donors (Lipinski definition) is 2. The van der Waals surface area contributed by atoms with Crippen LogP contribution in [0.15, 0.2) is 42.6 Å². The van der Waals surface area contributed by atoms with Gasteiger partial charge in [0.15, 0.2) is 0 Å². The second-order valence-electron chi connectivity index (χ2n) is 8.69. The topological polar surface area (TPSA) is 93.4 Å². The zero-order valence-corrected chi connectivity index (χ0v) is 20.7. The second-order valence-corrected chi connectivity index (χ2v) is 9.07. The molecule has 10 heteroatoms. The van der Waals surface area contributed by atoms with Crippen LogP contribution in [0.4, 0.5) is 14.6 Å². The minimum Gasteiger partial charge on any atom is -0.468 e. The van der Waals surface area contributed by atoms with E-state index in [9.17, 15) is 13.6 Å². The number of aromatic nitrogens is 2. The number of carbonyl (C=O) groups is 1. The molecule has 1 aliphatic heterocycles. The number of nitrogens with one attached hydrogen (secondary N) is 1. The number of ether oxygens (including phenoxy) is 1. The highest BCUT2D eigenvalue weighted by molar-refractivity contribution is 6.31. The lowest BCUT2D eigenvalue weighted by Crippen LogP contribution is -2.28. The number of anilines is 1. The van der Waals surface area contributed by atoms with E-state index in [0.717, 1.165) is 38.2 Å². The van der Waals surface area contributed by atoms with E-state index in [1.807, 2.05) is 0 Å². The molecule has 7 nitrogen and oxygen atoms in total. The maximum Gasteiger partial charge on any atom is 0.251 e. The highest BCUT2D eigenvalue weighted by atomic mass is 35.5. The first-order valence-corrected chi connectivity index (χ1v) is 12.2. The van der Waals surface area contributed by atoms with Gasteiger partial charge in [0.25, 0.3) is 5.91 Å². The molecule has 1 fully saturated rings. The maximum absolute atomic E-state index is 14.2. The summed E-state index contributed by atoms with van der Waals surface area (Å²) in [6, 6.07) is 8.75. The van der Waals surface area contributed by atoms with Crippen LogP contribution in [0, 0.1) is 11.6 Å². The van der Waals surface area contributed by atoms with Crippen LogP contribution >= 0.6 is 11.6 Å². The summed E-state index contributed by atoms with van der Waals surface area (Å²) in [6.45, 7) is 5.42. The molecule has 0 aliphatic carbocycles. The van der Waals surface area contributed by atoms with Gasteiger partial charge in [-0.05, 0) is 70.1 Å². The molecule has 190 valence electrons. The lowest BCUT2D eigenvalue weighted by atomic mass is 10.1. The van der Waals surface area contributed by atoms with Crippen LogP contribution in [0.25, 0.3) is 11.3 Å². The van der Waals surface area contributed by atoms with Crippen LogP contribution in [0.1, 0.15) is 48.2 Å². The van der Waals surface area contributed by atoms with Crippen molar-refractivity contribution in [3.63, 3.8) is 0 Å². The largest absolute Gasteiger partial charge is 0.468 e. The highest BCUT2D eigenvalue weighted by Gasteiger charge is 2.21. The van der Waals surface area contributed by atoms with Crippen LogP contribution in [0.3, 0.4) is 0 Å². The van der Waals surface area contributed by atoms with Gasteiger partial charge in [-0.2, -0.15) is 0 Å². The number of nitrogen functional groups attached to an aromatic ring is 1. The maximum atomic E-state index is 14.2. The second kappa shape index (κ2) is 11.6. The summed E-state index contributed by atoms with van der Waals surface area (Å²) in [5.41, 5.74) is 7.38. The fraction of sp³-hybridized carbons (Fsp3) is 0.346. The molecule has 36 heavy (non-hydrogen) atoms. The number of likely N-dealkylation sites (tertiary alicyclic amines) is 1. The molecule has 0 spiro atoms. The fourth-order valence-corrected chi connectivity index (χ4v) is 4.51. The standard InChI is InChI=1S/C26H28ClF2N5O2/c1-16(22-19(28)9-10-20(29)23(22)27)36-21-15-32-25(30)24(33-21)17-5-7-18(8-6-17)26(35)31-11-4-14-34-12-2-3-13-34/h5-10,15-16H,2-4,11-14H2,1H3,(H2,30,32)(H,31,35). The average Bonchev–Trinajstić information content (AvgIpc) is 3.39. The van der Waals surface area contributed by atoms with Gasteiger partial charge >= 0.3 is 0 Å². The van der Waals surface area contributed by atoms with Crippen molar-refractivity contribution in [1.29, 1.82) is 0 Å². The van der Waals surface area contributed by atoms with Crippen molar-refractivity contribution in [3.8, 4) is 17.1 Å². The van der Waals surface area contributed by atoms with Gasteiger partial charge in [0.2, 0.25) is 5.88 Å². The molecule has 1 amide bonds. The van der Waals surface area contributed by atoms with Gasteiger partial charge in [0.05, 0.1) is 11.2 Å². The van der Waals surface area contributed by atoms with E-state index in [0.29, 0.717) is 23.4 Å². The van der Waals surface area contributed by atoms with Crippen LogP contribution in [0.5, 0.6) is 5.88 Å². The molecule has 2 aromatic carbocycles. The van der Waals surface area contributed by atoms with Crippen molar-refractivity contribution in [2.45, 2.75) is 32.3 Å². The van der Waals surface area contributed by atoms with E-state index in [-0.39, 0.29) is 28.2 Å². The summed E-state index contributed by atoms with van der Waals surface area (Å²) < 4.78 is 33.7. The molecular formula is C26H28ClF2N5O2. The van der Waals surface area contributed by atoms with E-state index >= 15 is 0 Å². The number of halogens is 3. The van der Waals surface area contributed by atoms with Crippen LogP contribution in [-0.4, -0.2) is 47.0 Å². The minimum atomic E-state index is -0.935. The molecule has 0 radical (unpaired) electrons. The average molecular weight is 516 g/mol. The van der Waals surface area contributed by atoms with E-state index < -0.39 is 17.7 Å². The molecule has 1 aromatic heterocycles. The van der Waals surface area contributed by atoms with Gasteiger partial charge in [0, 0.05) is 23.2 Å². The Morgan fingerprint density at radius 2 is 1.86 bits per heavy atom. The summed E-state index contributed by atoms with van der Waals surface area (Å²) in [6.07, 6.45) is 3.77. The smallest absolute Gasteiger partial charge is 0.251 e. The summed E-state index contributed by atoms with van der Waals surface area (Å²) >= 11 is 5.94. The SMILES string of the molecule is CC(Oc1cnc(N)c(-c2ccc(C(=O)NCCCN3CCCC3)cc2)n1)c1c(F)ccc(F)c1Cl. The summed E-state index contributed by atoms with van der Waals surface area (Å²) in [4.78, 5) is 23.4. The van der Waals surface area contributed by atoms with Crippen molar-refractivity contribution in [2.75, 3.05) is 31.9 Å². The van der Waals surface area contributed by atoms with Crippen LogP contribution in [-0.2, 0) is 0 Å². The molecule has 1 saturated heterocycles. The quantitative estimate of drug-likeness (QED) is 0.307. The normalized spacial score (nSPS) is 14.6. The summed E-state index contributed by atoms with van der Waals surface area (Å²) in [5, 5.41) is 2.60. The van der Waals surface area contributed by atoms with E-state index in [4.69, 9.17) is 22.1 Å². The first-order chi connectivity index (χ1) is 17.3. The Kier molecular flexibility index (Phi) is 8.32. The van der Waals surface area contributed by atoms with E-state index in [1.54, 1.807) is 24.3 Å². The Morgan fingerprint density at radius 3 is 2.58 bits per heavy atom. The van der Waals surface area contributed by atoms with Crippen molar-refractivity contribution in [2.24, 2.45) is 0 Å². The number of amides is 1. The third-order valence-corrected chi connectivity index (χ3v) is 6.50. The van der Waals surface area contributed by atoms with Crippen LogP contribution < -0.4 is 15.8 Å². The number of benzene rings is 2. The molecule has 0 bridgehead atoms. The van der Waals surface area contributed by atoms with Gasteiger partial charge in [-0.25, -0.2) is 18.7 Å². The van der Waals surface area contributed by atoms with Gasteiger partial charge < -0.3 is 20.7 Å². The third kappa shape index (κ3) is 6.09. The Bertz CT molecular complexity index is 1220. The molecular weight excluding hydrogens is 488 g/mol. The molecule has 1 aliphatic rings. The molecule has 1 unspecified atom stereocenters. The lowest BCUT2D eigenvalue weighted by Gasteiger charge is -2.17. The van der Waals surface area contributed by atoms with Crippen molar-refractivity contribution < 1.29 is 18.3 Å². The fourth-order valence-electron chi connectivity index (χ4n) is 4.20. The minimum absolute atomic E-state index is 0.0613.